The van der Waals surface area contributed by atoms with Crippen LogP contribution in [-0.4, -0.2) is 15.2 Å². The quantitative estimate of drug-likeness (QED) is 0.499. The monoisotopic (exact) mass is 144 g/mol. The second-order valence-corrected chi connectivity index (χ2v) is 2.53. The molecule has 1 rings (SSSR count). The number of H-pyrrole nitrogens is 1. The van der Waals surface area contributed by atoms with E-state index in [1.165, 1.54) is 0 Å². The average Bonchev–Trinajstić information content (AvgIpc) is 2.14. The van der Waals surface area contributed by atoms with Crippen LogP contribution in [0.1, 0.15) is 18.0 Å². The molecular formula is C4H8N4S. The van der Waals surface area contributed by atoms with Gasteiger partial charge in [-0.05, 0) is 6.92 Å². The first-order valence-corrected chi connectivity index (χ1v) is 3.07. The molecule has 0 saturated carbocycles. The van der Waals surface area contributed by atoms with Gasteiger partial charge in [0, 0.05) is 0 Å². The minimum Gasteiger partial charge on any atom is -0.367 e. The van der Waals surface area contributed by atoms with Crippen LogP contribution in [0.2, 0.25) is 0 Å². The lowest BCUT2D eigenvalue weighted by molar-refractivity contribution is 0.932. The van der Waals surface area contributed by atoms with Gasteiger partial charge in [-0.2, -0.15) is 17.6 Å². The Bertz CT molecular complexity index is 194. The summed E-state index contributed by atoms with van der Waals surface area (Å²) in [7, 11) is 0. The molecule has 1 aromatic heterocycles. The molecule has 0 amide bonds. The lowest BCUT2D eigenvalue weighted by atomic mass is 10.5. The number of nitrogens with zero attached hydrogens (tertiary/aromatic N) is 2. The highest BCUT2D eigenvalue weighted by molar-refractivity contribution is 7.80. The molecule has 5 heteroatoms. The molecule has 0 aliphatic heterocycles. The predicted molar refractivity (Wildman–Crippen MR) is 38.2 cm³/mol. The Morgan fingerprint density at radius 1 is 1.78 bits per heavy atom. The van der Waals surface area contributed by atoms with Gasteiger partial charge in [-0.1, -0.05) is 0 Å². The van der Waals surface area contributed by atoms with Crippen molar-refractivity contribution < 1.29 is 0 Å². The molecule has 0 saturated heterocycles. The molecule has 0 aromatic carbocycles. The van der Waals surface area contributed by atoms with Gasteiger partial charge in [-0.3, -0.25) is 5.10 Å². The van der Waals surface area contributed by atoms with E-state index in [1.54, 1.807) is 0 Å². The standard InChI is InChI=1S/C4H8N4S/c1-2(9)3-6-4(5)8-7-3/h2,9H,1H3,(H3,5,6,7,8). The molecular weight excluding hydrogens is 136 g/mol. The van der Waals surface area contributed by atoms with Crippen LogP contribution < -0.4 is 5.73 Å². The lowest BCUT2D eigenvalue weighted by Gasteiger charge is -1.93. The number of anilines is 1. The zero-order chi connectivity index (χ0) is 6.85. The summed E-state index contributed by atoms with van der Waals surface area (Å²) in [5.41, 5.74) is 5.23. The van der Waals surface area contributed by atoms with Crippen molar-refractivity contribution in [1.29, 1.82) is 0 Å². The van der Waals surface area contributed by atoms with Crippen LogP contribution in [0, 0.1) is 0 Å². The Labute approximate surface area is 58.3 Å². The van der Waals surface area contributed by atoms with E-state index in [1.807, 2.05) is 6.92 Å². The molecule has 3 N–H and O–H groups in total. The third-order valence-corrected chi connectivity index (χ3v) is 1.16. The topological polar surface area (TPSA) is 67.6 Å². The smallest absolute Gasteiger partial charge is 0.239 e. The zero-order valence-electron chi connectivity index (χ0n) is 5.00. The molecule has 0 aliphatic carbocycles. The summed E-state index contributed by atoms with van der Waals surface area (Å²) in [6.45, 7) is 1.89. The number of nitrogens with one attached hydrogen (secondary N) is 1. The Balaban J connectivity index is 2.85. The van der Waals surface area contributed by atoms with Crippen molar-refractivity contribution in [2.24, 2.45) is 0 Å². The highest BCUT2D eigenvalue weighted by Crippen LogP contribution is 2.13. The zero-order valence-corrected chi connectivity index (χ0v) is 5.89. The fourth-order valence-electron chi connectivity index (χ4n) is 0.475. The summed E-state index contributed by atoms with van der Waals surface area (Å²) < 4.78 is 0. The van der Waals surface area contributed by atoms with Gasteiger partial charge < -0.3 is 5.73 Å². The van der Waals surface area contributed by atoms with E-state index in [0.29, 0.717) is 5.82 Å². The van der Waals surface area contributed by atoms with E-state index in [4.69, 9.17) is 5.73 Å². The van der Waals surface area contributed by atoms with E-state index in [9.17, 15) is 0 Å². The van der Waals surface area contributed by atoms with Gasteiger partial charge in [0.05, 0.1) is 5.25 Å². The van der Waals surface area contributed by atoms with Gasteiger partial charge in [0.2, 0.25) is 5.95 Å². The summed E-state index contributed by atoms with van der Waals surface area (Å²) in [5, 5.41) is 6.34. The summed E-state index contributed by atoms with van der Waals surface area (Å²) in [4.78, 5) is 3.84. The highest BCUT2D eigenvalue weighted by Gasteiger charge is 2.02. The van der Waals surface area contributed by atoms with Gasteiger partial charge in [0.25, 0.3) is 0 Å². The lowest BCUT2D eigenvalue weighted by Crippen LogP contribution is -1.88. The van der Waals surface area contributed by atoms with E-state index < -0.39 is 0 Å². The molecule has 4 nitrogen and oxygen atoms in total. The van der Waals surface area contributed by atoms with E-state index in [2.05, 4.69) is 27.8 Å². The van der Waals surface area contributed by atoms with Crippen molar-refractivity contribution >= 4 is 18.6 Å². The third kappa shape index (κ3) is 1.35. The molecule has 9 heavy (non-hydrogen) atoms. The number of thiol groups is 1. The van der Waals surface area contributed by atoms with Crippen LogP contribution in [-0.2, 0) is 0 Å². The number of nitrogen functional groups attached to an aromatic ring is 1. The van der Waals surface area contributed by atoms with Crippen LogP contribution in [0.15, 0.2) is 0 Å². The number of aromatic amines is 1. The molecule has 1 unspecified atom stereocenters. The number of hydrogen-bond donors (Lipinski definition) is 3. The van der Waals surface area contributed by atoms with Crippen molar-refractivity contribution in [2.45, 2.75) is 12.2 Å². The number of rotatable bonds is 1. The molecule has 0 bridgehead atoms. The predicted octanol–water partition coefficient (Wildman–Crippen LogP) is 0.378. The fourth-order valence-corrected chi connectivity index (χ4v) is 0.590. The van der Waals surface area contributed by atoms with Gasteiger partial charge in [0.15, 0.2) is 0 Å². The molecule has 0 spiro atoms. The molecule has 1 aromatic rings. The molecule has 0 fully saturated rings. The maximum absolute atomic E-state index is 5.23. The largest absolute Gasteiger partial charge is 0.367 e. The first-order valence-electron chi connectivity index (χ1n) is 2.56. The molecule has 1 heterocycles. The normalized spacial score (nSPS) is 13.6. The Morgan fingerprint density at radius 3 is 2.67 bits per heavy atom. The van der Waals surface area contributed by atoms with Crippen LogP contribution >= 0.6 is 12.6 Å². The van der Waals surface area contributed by atoms with Crippen LogP contribution in [0.4, 0.5) is 5.95 Å². The van der Waals surface area contributed by atoms with Gasteiger partial charge in [-0.25, -0.2) is 0 Å². The van der Waals surface area contributed by atoms with Crippen LogP contribution in [0.5, 0.6) is 0 Å². The first-order chi connectivity index (χ1) is 4.20. The molecule has 0 aliphatic rings. The third-order valence-electron chi connectivity index (χ3n) is 0.916. The summed E-state index contributed by atoms with van der Waals surface area (Å²) in [5.74, 6) is 0.974. The van der Waals surface area contributed by atoms with E-state index in [-0.39, 0.29) is 11.2 Å². The average molecular weight is 144 g/mol. The van der Waals surface area contributed by atoms with Crippen molar-refractivity contribution in [3.63, 3.8) is 0 Å². The molecule has 0 radical (unpaired) electrons. The van der Waals surface area contributed by atoms with Crippen molar-refractivity contribution in [1.82, 2.24) is 15.2 Å². The van der Waals surface area contributed by atoms with Gasteiger partial charge in [0.1, 0.15) is 5.82 Å². The van der Waals surface area contributed by atoms with Crippen LogP contribution in [0.25, 0.3) is 0 Å². The second kappa shape index (κ2) is 2.26. The van der Waals surface area contributed by atoms with Gasteiger partial charge in [-0.15, -0.1) is 5.10 Å². The summed E-state index contributed by atoms with van der Waals surface area (Å²) in [6.07, 6.45) is 0. The Kier molecular flexibility index (Phi) is 1.61. The fraction of sp³-hybridized carbons (Fsp3) is 0.500. The maximum atomic E-state index is 5.23. The molecule has 50 valence electrons. The van der Waals surface area contributed by atoms with Crippen molar-refractivity contribution in [3.8, 4) is 0 Å². The summed E-state index contributed by atoms with van der Waals surface area (Å²) >= 11 is 4.11. The maximum Gasteiger partial charge on any atom is 0.239 e. The van der Waals surface area contributed by atoms with Gasteiger partial charge >= 0.3 is 0 Å². The van der Waals surface area contributed by atoms with E-state index >= 15 is 0 Å². The minimum absolute atomic E-state index is 0.0646. The number of hydrogen-bond acceptors (Lipinski definition) is 4. The Morgan fingerprint density at radius 2 is 2.44 bits per heavy atom. The summed E-state index contributed by atoms with van der Waals surface area (Å²) in [6, 6.07) is 0. The van der Waals surface area contributed by atoms with Crippen molar-refractivity contribution in [2.75, 3.05) is 5.73 Å². The Hall–Kier alpha value is -0.710. The minimum atomic E-state index is 0.0646. The highest BCUT2D eigenvalue weighted by atomic mass is 32.1. The van der Waals surface area contributed by atoms with Crippen LogP contribution in [0.3, 0.4) is 0 Å². The first kappa shape index (κ1) is 6.41. The van der Waals surface area contributed by atoms with Crippen molar-refractivity contribution in [3.05, 3.63) is 5.82 Å². The SMILES string of the molecule is CC(S)c1nc(N)n[nH]1. The second-order valence-electron chi connectivity index (χ2n) is 1.75. The number of aromatic nitrogens is 3. The van der Waals surface area contributed by atoms with E-state index in [0.717, 1.165) is 0 Å². The molecule has 1 atom stereocenters. The number of nitrogens with two attached hydrogens (primary N) is 1.